The lowest BCUT2D eigenvalue weighted by Crippen LogP contribution is -2.34. The summed E-state index contributed by atoms with van der Waals surface area (Å²) >= 11 is 0. The molecule has 0 saturated carbocycles. The van der Waals surface area contributed by atoms with Crippen LogP contribution >= 0.6 is 0 Å². The molecule has 0 spiro atoms. The second-order valence-electron chi connectivity index (χ2n) is 5.47. The molecule has 0 radical (unpaired) electrons. The van der Waals surface area contributed by atoms with E-state index in [1.165, 1.54) is 5.56 Å². The molecule has 0 bridgehead atoms. The van der Waals surface area contributed by atoms with Crippen molar-refractivity contribution in [3.05, 3.63) is 29.8 Å². The van der Waals surface area contributed by atoms with E-state index < -0.39 is 0 Å². The van der Waals surface area contributed by atoms with Crippen LogP contribution in [0.25, 0.3) is 0 Å². The van der Waals surface area contributed by atoms with Crippen molar-refractivity contribution in [1.82, 2.24) is 10.6 Å². The fourth-order valence-corrected chi connectivity index (χ4v) is 1.79. The van der Waals surface area contributed by atoms with E-state index in [2.05, 4.69) is 37.5 Å². The Balaban J connectivity index is 2.48. The summed E-state index contributed by atoms with van der Waals surface area (Å²) in [5.74, 6) is 0.869. The van der Waals surface area contributed by atoms with Crippen LogP contribution in [0.5, 0.6) is 5.75 Å². The number of hydrogen-bond donors (Lipinski definition) is 2. The maximum absolute atomic E-state index is 11.3. The quantitative estimate of drug-likeness (QED) is 0.769. The van der Waals surface area contributed by atoms with E-state index in [-0.39, 0.29) is 11.3 Å². The van der Waals surface area contributed by atoms with E-state index in [1.807, 2.05) is 18.2 Å². The van der Waals surface area contributed by atoms with Gasteiger partial charge in [0.15, 0.2) is 0 Å². The Bertz CT molecular complexity index is 411. The number of likely N-dealkylation sites (N-methyl/N-ethyl adjacent to an activating group) is 1. The summed E-state index contributed by atoms with van der Waals surface area (Å²) < 4.78 is 5.76. The van der Waals surface area contributed by atoms with Crippen LogP contribution in [-0.2, 0) is 10.2 Å². The van der Waals surface area contributed by atoms with Crippen LogP contribution < -0.4 is 15.4 Å². The first-order valence-corrected chi connectivity index (χ1v) is 6.58. The van der Waals surface area contributed by atoms with E-state index in [9.17, 15) is 4.79 Å². The van der Waals surface area contributed by atoms with Gasteiger partial charge >= 0.3 is 0 Å². The molecule has 0 aliphatic carbocycles. The zero-order chi connectivity index (χ0) is 14.3. The van der Waals surface area contributed by atoms with Gasteiger partial charge in [0.25, 0.3) is 0 Å². The van der Waals surface area contributed by atoms with Crippen molar-refractivity contribution in [2.45, 2.75) is 26.2 Å². The molecule has 1 amide bonds. The van der Waals surface area contributed by atoms with Crippen LogP contribution in [0.4, 0.5) is 0 Å². The Morgan fingerprint density at radius 3 is 2.58 bits per heavy atom. The number of carbonyl (C=O) groups excluding carboxylic acids is 1. The summed E-state index contributed by atoms with van der Waals surface area (Å²) in [5, 5.41) is 5.59. The average Bonchev–Trinajstić information content (AvgIpc) is 2.34. The van der Waals surface area contributed by atoms with Crippen LogP contribution in [0.2, 0.25) is 0 Å². The van der Waals surface area contributed by atoms with Gasteiger partial charge in [-0.2, -0.15) is 0 Å². The number of ether oxygens (including phenoxy) is 1. The van der Waals surface area contributed by atoms with Gasteiger partial charge in [0, 0.05) is 0 Å². The topological polar surface area (TPSA) is 50.4 Å². The molecule has 0 saturated heterocycles. The zero-order valence-corrected chi connectivity index (χ0v) is 12.2. The second-order valence-corrected chi connectivity index (χ2v) is 5.47. The fraction of sp³-hybridized carbons (Fsp3) is 0.533. The third kappa shape index (κ3) is 5.30. The van der Waals surface area contributed by atoms with E-state index in [0.717, 1.165) is 5.75 Å². The summed E-state index contributed by atoms with van der Waals surface area (Å²) in [6.45, 7) is 7.79. The van der Waals surface area contributed by atoms with Gasteiger partial charge in [0.2, 0.25) is 5.91 Å². The molecule has 0 aromatic heterocycles. The number of carbonyl (C=O) groups is 1. The van der Waals surface area contributed by atoms with Crippen molar-refractivity contribution in [1.29, 1.82) is 0 Å². The van der Waals surface area contributed by atoms with Crippen LogP contribution in [0.3, 0.4) is 0 Å². The molecular weight excluding hydrogens is 240 g/mol. The number of hydrogen-bond acceptors (Lipinski definition) is 3. The van der Waals surface area contributed by atoms with Gasteiger partial charge in [-0.05, 0) is 24.1 Å². The Morgan fingerprint density at radius 2 is 1.95 bits per heavy atom. The number of amides is 1. The minimum Gasteiger partial charge on any atom is -0.491 e. The number of nitrogens with one attached hydrogen (secondary N) is 2. The molecular formula is C15H24N2O2. The van der Waals surface area contributed by atoms with E-state index in [1.54, 1.807) is 7.05 Å². The Kier molecular flexibility index (Phi) is 5.83. The molecule has 1 aromatic carbocycles. The minimum absolute atomic E-state index is 0.0183. The molecule has 0 unspecified atom stereocenters. The largest absolute Gasteiger partial charge is 0.491 e. The maximum atomic E-state index is 11.3. The predicted molar refractivity (Wildman–Crippen MR) is 77.6 cm³/mol. The summed E-state index contributed by atoms with van der Waals surface area (Å²) in [7, 11) is 1.75. The Hall–Kier alpha value is -1.55. The fourth-order valence-electron chi connectivity index (χ4n) is 1.79. The van der Waals surface area contributed by atoms with Crippen LogP contribution in [0.15, 0.2) is 24.3 Å². The van der Waals surface area contributed by atoms with Crippen molar-refractivity contribution in [3.63, 3.8) is 0 Å². The molecule has 0 atom stereocenters. The second kappa shape index (κ2) is 7.14. The Labute approximate surface area is 115 Å². The molecule has 106 valence electrons. The third-order valence-electron chi connectivity index (χ3n) is 2.71. The van der Waals surface area contributed by atoms with Crippen LogP contribution in [-0.4, -0.2) is 32.7 Å². The highest BCUT2D eigenvalue weighted by Gasteiger charge is 2.18. The van der Waals surface area contributed by atoms with Crippen LogP contribution in [0, 0.1) is 0 Å². The monoisotopic (exact) mass is 264 g/mol. The number of para-hydroxylation sites is 1. The van der Waals surface area contributed by atoms with E-state index in [0.29, 0.717) is 19.7 Å². The minimum atomic E-state index is -0.0183. The van der Waals surface area contributed by atoms with Gasteiger partial charge in [-0.25, -0.2) is 0 Å². The van der Waals surface area contributed by atoms with Gasteiger partial charge in [-0.15, -0.1) is 0 Å². The summed E-state index contributed by atoms with van der Waals surface area (Å²) in [6.07, 6.45) is 0. The molecule has 19 heavy (non-hydrogen) atoms. The molecule has 0 aliphatic heterocycles. The summed E-state index contributed by atoms with van der Waals surface area (Å²) in [5.41, 5.74) is 1.22. The molecule has 0 aliphatic rings. The normalized spacial score (nSPS) is 11.2. The molecule has 0 heterocycles. The highest BCUT2D eigenvalue weighted by molar-refractivity contribution is 5.77. The van der Waals surface area contributed by atoms with Crippen molar-refractivity contribution >= 4 is 5.91 Å². The first-order valence-electron chi connectivity index (χ1n) is 6.58. The van der Waals surface area contributed by atoms with Crippen molar-refractivity contribution < 1.29 is 9.53 Å². The average molecular weight is 264 g/mol. The number of rotatable bonds is 6. The van der Waals surface area contributed by atoms with Gasteiger partial charge in [0.05, 0.1) is 13.1 Å². The highest BCUT2D eigenvalue weighted by atomic mass is 16.5. The van der Waals surface area contributed by atoms with Crippen molar-refractivity contribution in [2.24, 2.45) is 0 Å². The lowest BCUT2D eigenvalue weighted by Gasteiger charge is -2.22. The molecule has 4 nitrogen and oxygen atoms in total. The smallest absolute Gasteiger partial charge is 0.234 e. The molecule has 1 aromatic rings. The molecule has 1 rings (SSSR count). The lowest BCUT2D eigenvalue weighted by atomic mass is 9.86. The standard InChI is InChI=1S/C15H24N2O2/c1-15(2,3)12-7-5-6-8-13(12)19-10-9-17-14(18)11-16-4/h5-8,16H,9-11H2,1-4H3,(H,17,18). The van der Waals surface area contributed by atoms with Crippen molar-refractivity contribution in [2.75, 3.05) is 26.7 Å². The maximum Gasteiger partial charge on any atom is 0.234 e. The third-order valence-corrected chi connectivity index (χ3v) is 2.71. The Morgan fingerprint density at radius 1 is 1.26 bits per heavy atom. The van der Waals surface area contributed by atoms with Gasteiger partial charge < -0.3 is 15.4 Å². The van der Waals surface area contributed by atoms with Gasteiger partial charge in [-0.1, -0.05) is 39.0 Å². The van der Waals surface area contributed by atoms with Gasteiger partial charge in [0.1, 0.15) is 12.4 Å². The first-order chi connectivity index (χ1) is 8.95. The van der Waals surface area contributed by atoms with Crippen LogP contribution in [0.1, 0.15) is 26.3 Å². The predicted octanol–water partition coefficient (Wildman–Crippen LogP) is 1.70. The molecule has 2 N–H and O–H groups in total. The van der Waals surface area contributed by atoms with E-state index >= 15 is 0 Å². The zero-order valence-electron chi connectivity index (χ0n) is 12.2. The van der Waals surface area contributed by atoms with E-state index in [4.69, 9.17) is 4.74 Å². The summed E-state index contributed by atoms with van der Waals surface area (Å²) in [4.78, 5) is 11.3. The SMILES string of the molecule is CNCC(=O)NCCOc1ccccc1C(C)(C)C. The molecule has 4 heteroatoms. The number of benzene rings is 1. The van der Waals surface area contributed by atoms with Gasteiger partial charge in [-0.3, -0.25) is 4.79 Å². The van der Waals surface area contributed by atoms with Crippen molar-refractivity contribution in [3.8, 4) is 5.75 Å². The molecule has 0 fully saturated rings. The summed E-state index contributed by atoms with van der Waals surface area (Å²) in [6, 6.07) is 8.03. The highest BCUT2D eigenvalue weighted by Crippen LogP contribution is 2.30. The lowest BCUT2D eigenvalue weighted by molar-refractivity contribution is -0.120. The first kappa shape index (κ1) is 15.5.